The van der Waals surface area contributed by atoms with Gasteiger partial charge in [-0.2, -0.15) is 0 Å². The van der Waals surface area contributed by atoms with Crippen molar-refractivity contribution in [2.24, 2.45) is 0 Å². The first-order chi connectivity index (χ1) is 8.70. The third-order valence-corrected chi connectivity index (χ3v) is 4.05. The number of hydrogen-bond acceptors (Lipinski definition) is 5. The van der Waals surface area contributed by atoms with Gasteiger partial charge >= 0.3 is 117 Å². The van der Waals surface area contributed by atoms with Crippen LogP contribution in [0.1, 0.15) is 6.42 Å². The van der Waals surface area contributed by atoms with Gasteiger partial charge in [-0.05, 0) is 0 Å². The van der Waals surface area contributed by atoms with Crippen LogP contribution in [0.4, 0.5) is 5.69 Å². The summed E-state index contributed by atoms with van der Waals surface area (Å²) in [5.74, 6) is 0. The number of hydrogen-bond donors (Lipinski definition) is 0. The van der Waals surface area contributed by atoms with Gasteiger partial charge in [-0.15, -0.1) is 0 Å². The predicted octanol–water partition coefficient (Wildman–Crippen LogP) is -1.11. The molecule has 1 aromatic heterocycles. The van der Waals surface area contributed by atoms with Gasteiger partial charge < -0.3 is 0 Å². The minimum absolute atomic E-state index is 0.610. The van der Waals surface area contributed by atoms with Crippen molar-refractivity contribution in [2.45, 2.75) is 12.5 Å². The zero-order valence-electron chi connectivity index (χ0n) is 11.0. The number of anilines is 1. The molecule has 2 rings (SSSR count). The fourth-order valence-corrected chi connectivity index (χ4v) is 2.80. The number of methoxy groups -OCH3 is 1. The average molecular weight is 312 g/mol. The van der Waals surface area contributed by atoms with Gasteiger partial charge in [-0.25, -0.2) is 0 Å². The van der Waals surface area contributed by atoms with Crippen LogP contribution >= 0.6 is 0 Å². The van der Waals surface area contributed by atoms with Crippen LogP contribution in [0.2, 0.25) is 0 Å². The molecular weight excluding hydrogens is 291 g/mol. The molecule has 0 bridgehead atoms. The molecule has 0 radical (unpaired) electrons. The second kappa shape index (κ2) is 6.50. The first-order valence-corrected chi connectivity index (χ1v) is 7.44. The van der Waals surface area contributed by atoms with Crippen LogP contribution in [0, 0.1) is 0 Å². The van der Waals surface area contributed by atoms with Gasteiger partial charge in [-0.1, -0.05) is 0 Å². The number of likely N-dealkylation sites (N-methyl/N-ethyl adjacent to an activating group) is 1. The molecular formula is C12H21AsN4O. The Morgan fingerprint density at radius 2 is 2.44 bits per heavy atom. The number of nitrogens with zero attached hydrogens (tertiary/aromatic N) is 4. The van der Waals surface area contributed by atoms with Crippen LogP contribution in [0.15, 0.2) is 12.3 Å². The standard InChI is InChI=1S/C12H21AsN4O/c1-16(5-6-18-2)10-3-4-17(9-10)11-7-12(13)15-14-8-11/h7-8,10H,3-6,9,13H2,1-2H3/t10-/m0/s1. The van der Waals surface area contributed by atoms with Gasteiger partial charge in [0.25, 0.3) is 0 Å². The summed E-state index contributed by atoms with van der Waals surface area (Å²) < 4.78 is 6.17. The molecule has 100 valence electrons. The van der Waals surface area contributed by atoms with Gasteiger partial charge in [0, 0.05) is 0 Å². The van der Waals surface area contributed by atoms with E-state index in [0.717, 1.165) is 30.7 Å². The van der Waals surface area contributed by atoms with Crippen LogP contribution in [-0.4, -0.2) is 78.4 Å². The molecule has 0 spiro atoms. The summed E-state index contributed by atoms with van der Waals surface area (Å²) in [6, 6.07) is 2.74. The first kappa shape index (κ1) is 13.8. The number of aromatic nitrogens is 2. The molecule has 2 heterocycles. The fourth-order valence-electron chi connectivity index (χ4n) is 2.30. The summed E-state index contributed by atoms with van der Waals surface area (Å²) in [7, 11) is 3.92. The van der Waals surface area contributed by atoms with Gasteiger partial charge in [0.1, 0.15) is 0 Å². The van der Waals surface area contributed by atoms with Crippen molar-refractivity contribution in [1.82, 2.24) is 15.1 Å². The molecule has 1 aliphatic heterocycles. The van der Waals surface area contributed by atoms with E-state index in [-0.39, 0.29) is 0 Å². The van der Waals surface area contributed by atoms with Crippen molar-refractivity contribution in [2.75, 3.05) is 45.3 Å². The molecule has 1 fully saturated rings. The Bertz CT molecular complexity index is 390. The Balaban J connectivity index is 1.92. The van der Waals surface area contributed by atoms with Crippen LogP contribution in [0.5, 0.6) is 0 Å². The monoisotopic (exact) mass is 312 g/mol. The quantitative estimate of drug-likeness (QED) is 0.645. The van der Waals surface area contributed by atoms with Gasteiger partial charge in [0.2, 0.25) is 0 Å². The molecule has 0 N–H and O–H groups in total. The van der Waals surface area contributed by atoms with E-state index in [1.54, 1.807) is 7.11 Å². The van der Waals surface area contributed by atoms with Crippen molar-refractivity contribution in [3.05, 3.63) is 12.3 Å². The van der Waals surface area contributed by atoms with Crippen LogP contribution in [0.25, 0.3) is 0 Å². The minimum atomic E-state index is 0.610. The van der Waals surface area contributed by atoms with Crippen molar-refractivity contribution in [1.29, 1.82) is 0 Å². The zero-order chi connectivity index (χ0) is 13.0. The number of ether oxygens (including phenoxy) is 1. The Labute approximate surface area is 117 Å². The fraction of sp³-hybridized carbons (Fsp3) is 0.667. The number of rotatable bonds is 5. The van der Waals surface area contributed by atoms with E-state index in [2.05, 4.69) is 33.1 Å². The SMILES string of the molecule is COCCN(C)[C@H]1CCN(c2cnnc([AsH2])c2)C1. The van der Waals surface area contributed by atoms with E-state index in [1.165, 1.54) is 29.0 Å². The Hall–Kier alpha value is -0.642. The molecule has 2 atom stereocenters. The van der Waals surface area contributed by atoms with Crippen LogP contribution in [0.3, 0.4) is 0 Å². The van der Waals surface area contributed by atoms with Crippen LogP contribution < -0.4 is 9.38 Å². The van der Waals surface area contributed by atoms with Crippen molar-refractivity contribution in [3.63, 3.8) is 0 Å². The zero-order valence-corrected chi connectivity index (χ0v) is 13.5. The maximum absolute atomic E-state index is 5.13. The Kier molecular flexibility index (Phi) is 4.98. The average Bonchev–Trinajstić information content (AvgIpc) is 2.85. The summed E-state index contributed by atoms with van der Waals surface area (Å²) >= 11 is 1.52. The van der Waals surface area contributed by atoms with Crippen molar-refractivity contribution in [3.8, 4) is 0 Å². The first-order valence-electron chi connectivity index (χ1n) is 6.23. The van der Waals surface area contributed by atoms with E-state index in [4.69, 9.17) is 4.74 Å². The molecule has 1 unspecified atom stereocenters. The molecule has 5 nitrogen and oxygen atoms in total. The second-order valence-corrected chi connectivity index (χ2v) is 5.94. The topological polar surface area (TPSA) is 41.5 Å². The summed E-state index contributed by atoms with van der Waals surface area (Å²) in [6.07, 6.45) is 3.06. The van der Waals surface area contributed by atoms with Crippen molar-refractivity contribution < 1.29 is 4.74 Å². The molecule has 0 aliphatic carbocycles. The second-order valence-electron chi connectivity index (χ2n) is 4.70. The summed E-state index contributed by atoms with van der Waals surface area (Å²) in [5, 5.41) is 8.07. The molecule has 0 amide bonds. The third kappa shape index (κ3) is 3.44. The van der Waals surface area contributed by atoms with E-state index in [0.29, 0.717) is 6.04 Å². The summed E-state index contributed by atoms with van der Waals surface area (Å²) in [6.45, 7) is 3.95. The summed E-state index contributed by atoms with van der Waals surface area (Å²) in [5.41, 5.74) is 1.20. The third-order valence-electron chi connectivity index (χ3n) is 3.46. The van der Waals surface area contributed by atoms with E-state index >= 15 is 0 Å². The van der Waals surface area contributed by atoms with E-state index in [9.17, 15) is 0 Å². The molecule has 0 saturated carbocycles. The van der Waals surface area contributed by atoms with Crippen molar-refractivity contribution >= 4 is 27.0 Å². The van der Waals surface area contributed by atoms with Gasteiger partial charge in [0.05, 0.1) is 0 Å². The molecule has 18 heavy (non-hydrogen) atoms. The Morgan fingerprint density at radius 3 is 3.17 bits per heavy atom. The van der Waals surface area contributed by atoms with Gasteiger partial charge in [0.15, 0.2) is 0 Å². The summed E-state index contributed by atoms with van der Waals surface area (Å²) in [4.78, 5) is 4.78. The predicted molar refractivity (Wildman–Crippen MR) is 75.3 cm³/mol. The van der Waals surface area contributed by atoms with E-state index in [1.807, 2.05) is 6.20 Å². The molecule has 0 aromatic carbocycles. The molecule has 1 aliphatic rings. The molecule has 6 heteroatoms. The molecule has 1 aromatic rings. The Morgan fingerprint density at radius 1 is 1.61 bits per heavy atom. The van der Waals surface area contributed by atoms with E-state index < -0.39 is 0 Å². The molecule has 1 saturated heterocycles. The van der Waals surface area contributed by atoms with Gasteiger partial charge in [-0.3, -0.25) is 0 Å². The normalized spacial score (nSPS) is 19.8. The van der Waals surface area contributed by atoms with Crippen LogP contribution in [-0.2, 0) is 4.74 Å². The maximum atomic E-state index is 5.13.